The van der Waals surface area contributed by atoms with Crippen LogP contribution >= 0.6 is 0 Å². The van der Waals surface area contributed by atoms with Crippen LogP contribution in [0.4, 0.5) is 10.6 Å². The van der Waals surface area contributed by atoms with E-state index in [1.165, 1.54) is 6.20 Å². The quantitative estimate of drug-likeness (QED) is 0.747. The molecule has 0 radical (unpaired) electrons. The van der Waals surface area contributed by atoms with E-state index >= 15 is 0 Å². The number of aliphatic hydroxyl groups excluding tert-OH is 1. The van der Waals surface area contributed by atoms with E-state index in [0.29, 0.717) is 5.82 Å². The summed E-state index contributed by atoms with van der Waals surface area (Å²) in [7, 11) is 0. The first kappa shape index (κ1) is 15.5. The van der Waals surface area contributed by atoms with Crippen LogP contribution in [0.5, 0.6) is 0 Å². The normalized spacial score (nSPS) is 14.8. The highest BCUT2D eigenvalue weighted by molar-refractivity contribution is 5.74. The molecule has 0 aliphatic rings. The lowest BCUT2D eigenvalue weighted by Gasteiger charge is -2.20. The van der Waals surface area contributed by atoms with Crippen molar-refractivity contribution in [1.29, 1.82) is 0 Å². The molecule has 1 heterocycles. The molecule has 4 N–H and O–H groups in total. The lowest BCUT2D eigenvalue weighted by atomic mass is 10.2. The Bertz CT molecular complexity index is 423. The fraction of sp³-hybridized carbons (Fsp3) is 0.667. The molecule has 1 aromatic rings. The second kappa shape index (κ2) is 6.03. The third kappa shape index (κ3) is 4.88. The van der Waals surface area contributed by atoms with Crippen LogP contribution in [0, 0.1) is 0 Å². The zero-order valence-corrected chi connectivity index (χ0v) is 11.8. The highest BCUT2D eigenvalue weighted by atomic mass is 16.6. The standard InChI is InChI=1S/C12H22N4O3/c1-8(13)9(17)7-14-10-5-6-15-16(10)11(18)19-12(2,3)4/h5-6,8-9,14,17H,7,13H2,1-4H3/t8-,9?/m0/s1. The van der Waals surface area contributed by atoms with Crippen molar-refractivity contribution >= 4 is 11.9 Å². The molecule has 0 saturated carbocycles. The molecule has 19 heavy (non-hydrogen) atoms. The Morgan fingerprint density at radius 2 is 2.26 bits per heavy atom. The molecule has 7 heteroatoms. The molecule has 0 saturated heterocycles. The van der Waals surface area contributed by atoms with E-state index in [4.69, 9.17) is 10.5 Å². The number of carbonyl (C=O) groups is 1. The summed E-state index contributed by atoms with van der Waals surface area (Å²) in [5, 5.41) is 16.4. The van der Waals surface area contributed by atoms with Crippen LogP contribution in [0.15, 0.2) is 12.3 Å². The molecule has 2 atom stereocenters. The molecule has 1 aromatic heterocycles. The van der Waals surface area contributed by atoms with Gasteiger partial charge in [0.15, 0.2) is 0 Å². The largest absolute Gasteiger partial charge is 0.442 e. The van der Waals surface area contributed by atoms with Crippen LogP contribution in [0.1, 0.15) is 27.7 Å². The number of nitrogens with two attached hydrogens (primary N) is 1. The SMILES string of the molecule is C[C@H](N)C(O)CNc1ccnn1C(=O)OC(C)(C)C. The molecule has 1 unspecified atom stereocenters. The van der Waals surface area contributed by atoms with Gasteiger partial charge in [-0.2, -0.15) is 5.10 Å². The summed E-state index contributed by atoms with van der Waals surface area (Å²) in [5.41, 5.74) is 4.96. The highest BCUT2D eigenvalue weighted by Crippen LogP contribution is 2.12. The average molecular weight is 270 g/mol. The number of anilines is 1. The lowest BCUT2D eigenvalue weighted by molar-refractivity contribution is 0.0518. The fourth-order valence-corrected chi connectivity index (χ4v) is 1.28. The van der Waals surface area contributed by atoms with Crippen molar-refractivity contribution in [3.63, 3.8) is 0 Å². The van der Waals surface area contributed by atoms with Crippen LogP contribution in [0.2, 0.25) is 0 Å². The summed E-state index contributed by atoms with van der Waals surface area (Å²) >= 11 is 0. The first-order chi connectivity index (χ1) is 8.70. The topological polar surface area (TPSA) is 102 Å². The van der Waals surface area contributed by atoms with Gasteiger partial charge in [0.05, 0.1) is 12.3 Å². The Hall–Kier alpha value is -1.60. The minimum atomic E-state index is -0.706. The number of aromatic nitrogens is 2. The Morgan fingerprint density at radius 3 is 2.79 bits per heavy atom. The van der Waals surface area contributed by atoms with Crippen LogP contribution in [-0.2, 0) is 4.74 Å². The van der Waals surface area contributed by atoms with Gasteiger partial charge in [-0.05, 0) is 27.7 Å². The molecular weight excluding hydrogens is 248 g/mol. The van der Waals surface area contributed by atoms with Gasteiger partial charge in [0.2, 0.25) is 0 Å². The van der Waals surface area contributed by atoms with Gasteiger partial charge in [0.1, 0.15) is 11.4 Å². The zero-order valence-electron chi connectivity index (χ0n) is 11.8. The van der Waals surface area contributed by atoms with Gasteiger partial charge >= 0.3 is 6.09 Å². The first-order valence-electron chi connectivity index (χ1n) is 6.15. The molecule has 0 spiro atoms. The van der Waals surface area contributed by atoms with Crippen molar-refractivity contribution < 1.29 is 14.6 Å². The van der Waals surface area contributed by atoms with E-state index < -0.39 is 17.8 Å². The maximum Gasteiger partial charge on any atom is 0.437 e. The average Bonchev–Trinajstić information content (AvgIpc) is 2.71. The lowest BCUT2D eigenvalue weighted by Crippen LogP contribution is -2.37. The maximum absolute atomic E-state index is 11.9. The van der Waals surface area contributed by atoms with Crippen molar-refractivity contribution in [1.82, 2.24) is 9.78 Å². The van der Waals surface area contributed by atoms with Gasteiger partial charge in [0.25, 0.3) is 0 Å². The maximum atomic E-state index is 11.9. The number of rotatable bonds is 4. The molecule has 0 fully saturated rings. The second-order valence-corrected chi connectivity index (χ2v) is 5.42. The number of aliphatic hydroxyl groups is 1. The monoisotopic (exact) mass is 270 g/mol. The number of nitrogens with one attached hydrogen (secondary N) is 1. The minimum absolute atomic E-state index is 0.228. The summed E-state index contributed by atoms with van der Waals surface area (Å²) in [6.07, 6.45) is 0.196. The molecule has 0 aliphatic carbocycles. The predicted molar refractivity (Wildman–Crippen MR) is 72.0 cm³/mol. The molecule has 0 amide bonds. The second-order valence-electron chi connectivity index (χ2n) is 5.42. The van der Waals surface area contributed by atoms with Crippen LogP contribution < -0.4 is 11.1 Å². The van der Waals surface area contributed by atoms with Gasteiger partial charge in [-0.15, -0.1) is 4.68 Å². The van der Waals surface area contributed by atoms with E-state index in [1.54, 1.807) is 33.8 Å². The first-order valence-corrected chi connectivity index (χ1v) is 6.15. The van der Waals surface area contributed by atoms with E-state index in [2.05, 4.69) is 10.4 Å². The van der Waals surface area contributed by atoms with Gasteiger partial charge < -0.3 is 20.9 Å². The summed E-state index contributed by atoms with van der Waals surface area (Å²) in [6, 6.07) is 1.27. The number of hydrogen-bond acceptors (Lipinski definition) is 6. The molecule has 108 valence electrons. The molecule has 1 rings (SSSR count). The summed E-state index contributed by atoms with van der Waals surface area (Å²) in [4.78, 5) is 11.9. The van der Waals surface area contributed by atoms with Gasteiger partial charge in [-0.3, -0.25) is 0 Å². The van der Waals surface area contributed by atoms with Crippen molar-refractivity contribution in [2.75, 3.05) is 11.9 Å². The van der Waals surface area contributed by atoms with Crippen LogP contribution in [-0.4, -0.2) is 45.3 Å². The Balaban J connectivity index is 2.67. The Labute approximate surface area is 112 Å². The molecular formula is C12H22N4O3. The summed E-state index contributed by atoms with van der Waals surface area (Å²) in [6.45, 7) is 7.27. The molecule has 0 bridgehead atoms. The number of nitrogens with zero attached hydrogens (tertiary/aromatic N) is 2. The van der Waals surface area contributed by atoms with E-state index in [-0.39, 0.29) is 12.6 Å². The summed E-state index contributed by atoms with van der Waals surface area (Å²) in [5.74, 6) is 0.453. The number of carbonyl (C=O) groups excluding carboxylic acids is 1. The van der Waals surface area contributed by atoms with E-state index in [1.807, 2.05) is 0 Å². The molecule has 0 aromatic carbocycles. The van der Waals surface area contributed by atoms with Crippen molar-refractivity contribution in [3.05, 3.63) is 12.3 Å². The van der Waals surface area contributed by atoms with Crippen molar-refractivity contribution in [2.24, 2.45) is 5.73 Å². The van der Waals surface area contributed by atoms with Crippen LogP contribution in [0.25, 0.3) is 0 Å². The van der Waals surface area contributed by atoms with Gasteiger partial charge in [-0.25, -0.2) is 4.79 Å². The number of hydrogen-bond donors (Lipinski definition) is 3. The molecule has 7 nitrogen and oxygen atoms in total. The van der Waals surface area contributed by atoms with Crippen molar-refractivity contribution in [3.8, 4) is 0 Å². The Kier molecular flexibility index (Phi) is 4.90. The molecule has 0 aliphatic heterocycles. The third-order valence-corrected chi connectivity index (χ3v) is 2.31. The van der Waals surface area contributed by atoms with E-state index in [0.717, 1.165) is 4.68 Å². The fourth-order valence-electron chi connectivity index (χ4n) is 1.28. The van der Waals surface area contributed by atoms with Crippen molar-refractivity contribution in [2.45, 2.75) is 45.4 Å². The van der Waals surface area contributed by atoms with Crippen LogP contribution in [0.3, 0.4) is 0 Å². The van der Waals surface area contributed by atoms with Gasteiger partial charge in [-0.1, -0.05) is 0 Å². The van der Waals surface area contributed by atoms with E-state index in [9.17, 15) is 9.90 Å². The minimum Gasteiger partial charge on any atom is -0.442 e. The third-order valence-electron chi connectivity index (χ3n) is 2.31. The predicted octanol–water partition coefficient (Wildman–Crippen LogP) is 0.786. The van der Waals surface area contributed by atoms with Gasteiger partial charge in [0, 0.05) is 18.7 Å². The Morgan fingerprint density at radius 1 is 1.63 bits per heavy atom. The zero-order chi connectivity index (χ0) is 14.6. The summed E-state index contributed by atoms with van der Waals surface area (Å²) < 4.78 is 6.32. The number of ether oxygens (including phenoxy) is 1. The smallest absolute Gasteiger partial charge is 0.437 e. The highest BCUT2D eigenvalue weighted by Gasteiger charge is 2.20.